The summed E-state index contributed by atoms with van der Waals surface area (Å²) >= 11 is 0. The van der Waals surface area contributed by atoms with E-state index in [0.29, 0.717) is 29.0 Å². The number of aromatic amines is 1. The van der Waals surface area contributed by atoms with Gasteiger partial charge in [-0.15, -0.1) is 0 Å². The minimum absolute atomic E-state index is 0.277. The third kappa shape index (κ3) is 6.84. The van der Waals surface area contributed by atoms with Crippen LogP contribution in [0.5, 0.6) is 6.01 Å². The third-order valence-corrected chi connectivity index (χ3v) is 7.74. The lowest BCUT2D eigenvalue weighted by Gasteiger charge is -2.16. The SMILES string of the molecule is C=C(C)C(C)(C)C.C=C/C(=C\C)Oc1nc(CCC2CC(C)CC2N)c2c(n1)[nH]c1c(NC)cc(C)cc12. The van der Waals surface area contributed by atoms with Gasteiger partial charge in [-0.25, -0.2) is 0 Å². The molecular weight excluding hydrogens is 470 g/mol. The molecule has 2 aromatic heterocycles. The maximum absolute atomic E-state index is 6.42. The molecule has 1 saturated carbocycles. The van der Waals surface area contributed by atoms with E-state index in [2.05, 4.69) is 77.1 Å². The molecule has 0 amide bonds. The van der Waals surface area contributed by atoms with Gasteiger partial charge in [-0.1, -0.05) is 46.4 Å². The van der Waals surface area contributed by atoms with Gasteiger partial charge < -0.3 is 20.8 Å². The second-order valence-corrected chi connectivity index (χ2v) is 11.9. The first-order valence-electron chi connectivity index (χ1n) is 13.8. The molecule has 0 spiro atoms. The van der Waals surface area contributed by atoms with Crippen molar-refractivity contribution in [1.82, 2.24) is 15.0 Å². The van der Waals surface area contributed by atoms with E-state index in [4.69, 9.17) is 20.4 Å². The molecule has 1 aliphatic rings. The zero-order valence-corrected chi connectivity index (χ0v) is 24.7. The largest absolute Gasteiger partial charge is 0.425 e. The lowest BCUT2D eigenvalue weighted by atomic mass is 9.89. The smallest absolute Gasteiger partial charge is 0.324 e. The number of allylic oxidation sites excluding steroid dienone is 3. The minimum Gasteiger partial charge on any atom is -0.425 e. The minimum atomic E-state index is 0.277. The van der Waals surface area contributed by atoms with E-state index >= 15 is 0 Å². The van der Waals surface area contributed by atoms with Gasteiger partial charge in [0, 0.05) is 23.9 Å². The van der Waals surface area contributed by atoms with Crippen LogP contribution in [0.15, 0.2) is 48.8 Å². The summed E-state index contributed by atoms with van der Waals surface area (Å²) in [6.45, 7) is 22.5. The van der Waals surface area contributed by atoms with Gasteiger partial charge in [0.25, 0.3) is 0 Å². The molecule has 1 aromatic carbocycles. The zero-order chi connectivity index (χ0) is 28.2. The van der Waals surface area contributed by atoms with Gasteiger partial charge in [-0.05, 0) is 93.6 Å². The molecule has 1 fully saturated rings. The molecule has 4 rings (SSSR count). The maximum atomic E-state index is 6.42. The summed E-state index contributed by atoms with van der Waals surface area (Å²) in [6, 6.07) is 4.96. The fourth-order valence-electron chi connectivity index (χ4n) is 4.94. The van der Waals surface area contributed by atoms with Crippen LogP contribution in [0.1, 0.15) is 72.1 Å². The summed E-state index contributed by atoms with van der Waals surface area (Å²) < 4.78 is 5.91. The summed E-state index contributed by atoms with van der Waals surface area (Å²) in [5.74, 6) is 1.87. The second kappa shape index (κ2) is 12.2. The molecule has 4 N–H and O–H groups in total. The van der Waals surface area contributed by atoms with Crippen molar-refractivity contribution in [2.24, 2.45) is 23.0 Å². The number of aromatic nitrogens is 3. The van der Waals surface area contributed by atoms with Crippen LogP contribution in [0.25, 0.3) is 21.9 Å². The molecule has 6 nitrogen and oxygen atoms in total. The molecule has 0 saturated heterocycles. The Morgan fingerprint density at radius 1 is 1.26 bits per heavy atom. The molecule has 38 heavy (non-hydrogen) atoms. The van der Waals surface area contributed by atoms with Gasteiger partial charge in [0.2, 0.25) is 0 Å². The fourth-order valence-corrected chi connectivity index (χ4v) is 4.94. The molecule has 0 bridgehead atoms. The Morgan fingerprint density at radius 3 is 2.47 bits per heavy atom. The monoisotopic (exact) mass is 517 g/mol. The number of anilines is 1. The number of H-pyrrole nitrogens is 1. The number of nitrogens with zero attached hydrogens (tertiary/aromatic N) is 2. The van der Waals surface area contributed by atoms with E-state index in [0.717, 1.165) is 52.6 Å². The van der Waals surface area contributed by atoms with Crippen LogP contribution in [-0.4, -0.2) is 28.0 Å². The molecule has 206 valence electrons. The first-order chi connectivity index (χ1) is 17.9. The van der Waals surface area contributed by atoms with Crippen molar-refractivity contribution in [3.8, 4) is 6.01 Å². The number of ether oxygens (including phenoxy) is 1. The van der Waals surface area contributed by atoms with Crippen molar-refractivity contribution in [2.45, 2.75) is 80.2 Å². The number of fused-ring (bicyclic) bond motifs is 3. The van der Waals surface area contributed by atoms with E-state index in [1.807, 2.05) is 20.0 Å². The number of nitrogens with two attached hydrogens (primary N) is 1. The predicted octanol–water partition coefficient (Wildman–Crippen LogP) is 7.84. The van der Waals surface area contributed by atoms with Crippen molar-refractivity contribution in [2.75, 3.05) is 12.4 Å². The molecule has 3 aromatic rings. The summed E-state index contributed by atoms with van der Waals surface area (Å²) in [5, 5.41) is 5.51. The highest BCUT2D eigenvalue weighted by Crippen LogP contribution is 2.36. The van der Waals surface area contributed by atoms with E-state index in [9.17, 15) is 0 Å². The van der Waals surface area contributed by atoms with Crippen molar-refractivity contribution in [1.29, 1.82) is 0 Å². The molecule has 1 aliphatic carbocycles. The maximum Gasteiger partial charge on any atom is 0.324 e. The Kier molecular flexibility index (Phi) is 9.42. The van der Waals surface area contributed by atoms with E-state index in [-0.39, 0.29) is 6.04 Å². The number of nitrogens with one attached hydrogen (secondary N) is 2. The number of rotatable bonds is 7. The van der Waals surface area contributed by atoms with Crippen LogP contribution in [0, 0.1) is 24.2 Å². The topological polar surface area (TPSA) is 88.8 Å². The van der Waals surface area contributed by atoms with Crippen molar-refractivity contribution in [3.63, 3.8) is 0 Å². The molecule has 0 aliphatic heterocycles. The highest BCUT2D eigenvalue weighted by molar-refractivity contribution is 6.11. The number of hydrogen-bond donors (Lipinski definition) is 3. The highest BCUT2D eigenvalue weighted by atomic mass is 16.5. The van der Waals surface area contributed by atoms with Crippen LogP contribution < -0.4 is 15.8 Å². The lowest BCUT2D eigenvalue weighted by Crippen LogP contribution is -2.24. The Hall–Kier alpha value is -3.12. The quantitative estimate of drug-likeness (QED) is 0.169. The van der Waals surface area contributed by atoms with Crippen LogP contribution >= 0.6 is 0 Å². The Bertz CT molecular complexity index is 1330. The summed E-state index contributed by atoms with van der Waals surface area (Å²) in [5.41, 5.74) is 13.0. The van der Waals surface area contributed by atoms with Gasteiger partial charge in [0.05, 0.1) is 16.9 Å². The predicted molar refractivity (Wildman–Crippen MR) is 163 cm³/mol. The summed E-state index contributed by atoms with van der Waals surface area (Å²) in [4.78, 5) is 13.0. The zero-order valence-electron chi connectivity index (χ0n) is 24.7. The van der Waals surface area contributed by atoms with Crippen LogP contribution in [0.2, 0.25) is 0 Å². The van der Waals surface area contributed by atoms with Gasteiger partial charge in [-0.2, -0.15) is 9.97 Å². The van der Waals surface area contributed by atoms with Crippen molar-refractivity contribution >= 4 is 27.6 Å². The van der Waals surface area contributed by atoms with Crippen molar-refractivity contribution < 1.29 is 4.74 Å². The Balaban J connectivity index is 0.000000505. The van der Waals surface area contributed by atoms with Gasteiger partial charge in [0.15, 0.2) is 0 Å². The average molecular weight is 518 g/mol. The molecule has 0 radical (unpaired) electrons. The Morgan fingerprint density at radius 2 is 1.95 bits per heavy atom. The van der Waals surface area contributed by atoms with E-state index in [1.165, 1.54) is 17.6 Å². The number of aryl methyl sites for hydroxylation is 2. The Labute approximate surface area is 228 Å². The molecule has 3 unspecified atom stereocenters. The third-order valence-electron chi connectivity index (χ3n) is 7.74. The fraction of sp³-hybridized carbons (Fsp3) is 0.500. The lowest BCUT2D eigenvalue weighted by molar-refractivity contribution is 0.403. The highest BCUT2D eigenvalue weighted by Gasteiger charge is 2.29. The van der Waals surface area contributed by atoms with Crippen molar-refractivity contribution in [3.05, 3.63) is 60.0 Å². The van der Waals surface area contributed by atoms with Crippen LogP contribution in [-0.2, 0) is 6.42 Å². The average Bonchev–Trinajstić information content (AvgIpc) is 3.38. The molecule has 6 heteroatoms. The van der Waals surface area contributed by atoms with Gasteiger partial charge in [0.1, 0.15) is 11.4 Å². The van der Waals surface area contributed by atoms with Gasteiger partial charge >= 0.3 is 6.01 Å². The number of hydrogen-bond acceptors (Lipinski definition) is 5. The first kappa shape index (κ1) is 29.4. The standard InChI is InChI=1S/C25H33N5O.C7H14/c1-6-17(7-2)31-25-28-20(9-8-16-10-14(3)12-19(16)26)22-18-11-15(4)13-21(27-5)23(18)29-24(22)30-25;1-6(2)7(3,4)5/h6-7,11,13-14,16,19,27H,1,8-10,12,26H2,2-5H3,(H,28,29,30);1H2,2-5H3/b17-7+;. The molecule has 3 atom stereocenters. The van der Waals surface area contributed by atoms with E-state index < -0.39 is 0 Å². The van der Waals surface area contributed by atoms with Crippen LogP contribution in [0.3, 0.4) is 0 Å². The summed E-state index contributed by atoms with van der Waals surface area (Å²) in [6.07, 6.45) is 7.68. The first-order valence-corrected chi connectivity index (χ1v) is 13.8. The van der Waals surface area contributed by atoms with Crippen LogP contribution in [0.4, 0.5) is 5.69 Å². The summed E-state index contributed by atoms with van der Waals surface area (Å²) in [7, 11) is 1.94. The number of benzene rings is 1. The normalized spacial score (nSPS) is 19.8. The van der Waals surface area contributed by atoms with E-state index in [1.54, 1.807) is 6.08 Å². The molecule has 2 heterocycles. The molecular formula is C32H47N5O. The second-order valence-electron chi connectivity index (χ2n) is 11.9. The van der Waals surface area contributed by atoms with Gasteiger partial charge in [-0.3, -0.25) is 0 Å².